The molecule has 1 rings (SSSR count). The molecule has 0 radical (unpaired) electrons. The van der Waals surface area contributed by atoms with Gasteiger partial charge in [0.05, 0.1) is 24.3 Å². The average molecular weight is 274 g/mol. The lowest BCUT2D eigenvalue weighted by Crippen LogP contribution is -2.40. The lowest BCUT2D eigenvalue weighted by Gasteiger charge is -2.34. The third kappa shape index (κ3) is 5.18. The van der Waals surface area contributed by atoms with Crippen LogP contribution in [0.3, 0.4) is 0 Å². The van der Waals surface area contributed by atoms with Gasteiger partial charge in [0.2, 0.25) is 0 Å². The Morgan fingerprint density at radius 1 is 1.44 bits per heavy atom. The fourth-order valence-corrected chi connectivity index (χ4v) is 2.18. The van der Waals surface area contributed by atoms with E-state index in [2.05, 4.69) is 18.7 Å². The molecule has 1 fully saturated rings. The highest BCUT2D eigenvalue weighted by Crippen LogP contribution is 2.22. The normalized spacial score (nSPS) is 19.1. The summed E-state index contributed by atoms with van der Waals surface area (Å²) in [5.41, 5.74) is 5.68. The van der Waals surface area contributed by atoms with Gasteiger partial charge in [-0.2, -0.15) is 0 Å². The molecule has 106 valence electrons. The molecular formula is C13H26N2O2S. The molecule has 1 aliphatic heterocycles. The molecule has 0 aromatic carbocycles. The highest BCUT2D eigenvalue weighted by atomic mass is 32.1. The number of ether oxygens (including phenoxy) is 1. The number of aliphatic hydroxyl groups excluding tert-OH is 1. The molecule has 3 N–H and O–H groups in total. The summed E-state index contributed by atoms with van der Waals surface area (Å²) in [7, 11) is 0. The van der Waals surface area contributed by atoms with Crippen LogP contribution in [0.4, 0.5) is 0 Å². The van der Waals surface area contributed by atoms with Crippen molar-refractivity contribution in [3.8, 4) is 0 Å². The number of rotatable bonds is 7. The van der Waals surface area contributed by atoms with Crippen LogP contribution < -0.4 is 5.73 Å². The van der Waals surface area contributed by atoms with Gasteiger partial charge >= 0.3 is 0 Å². The highest BCUT2D eigenvalue weighted by Gasteiger charge is 2.24. The Kier molecular flexibility index (Phi) is 6.49. The van der Waals surface area contributed by atoms with Crippen molar-refractivity contribution in [2.75, 3.05) is 32.8 Å². The van der Waals surface area contributed by atoms with Crippen molar-refractivity contribution in [3.05, 3.63) is 0 Å². The Morgan fingerprint density at radius 2 is 2.06 bits per heavy atom. The van der Waals surface area contributed by atoms with Crippen molar-refractivity contribution in [1.82, 2.24) is 4.90 Å². The van der Waals surface area contributed by atoms with E-state index < -0.39 is 0 Å². The molecule has 0 saturated carbocycles. The average Bonchev–Trinajstić information content (AvgIpc) is 2.35. The summed E-state index contributed by atoms with van der Waals surface area (Å²) >= 11 is 5.08. The monoisotopic (exact) mass is 274 g/mol. The van der Waals surface area contributed by atoms with Crippen LogP contribution in [0.1, 0.15) is 33.1 Å². The molecule has 0 amide bonds. The Labute approximate surface area is 115 Å². The van der Waals surface area contributed by atoms with E-state index in [1.165, 1.54) is 0 Å². The number of thiocarbonyl (C=S) groups is 1. The van der Waals surface area contributed by atoms with Crippen molar-refractivity contribution >= 4 is 17.2 Å². The molecule has 0 atom stereocenters. The van der Waals surface area contributed by atoms with Gasteiger partial charge in [-0.1, -0.05) is 26.1 Å². The van der Waals surface area contributed by atoms with Gasteiger partial charge in [-0.3, -0.25) is 0 Å². The topological polar surface area (TPSA) is 58.7 Å². The number of nitrogens with zero attached hydrogens (tertiary/aromatic N) is 1. The largest absolute Gasteiger partial charge is 0.394 e. The zero-order valence-electron chi connectivity index (χ0n) is 11.5. The van der Waals surface area contributed by atoms with E-state index in [1.54, 1.807) is 0 Å². The second kappa shape index (κ2) is 7.38. The van der Waals surface area contributed by atoms with Crippen LogP contribution in [0.2, 0.25) is 0 Å². The van der Waals surface area contributed by atoms with Crippen molar-refractivity contribution < 1.29 is 9.84 Å². The van der Waals surface area contributed by atoms with E-state index in [0.717, 1.165) is 38.9 Å². The van der Waals surface area contributed by atoms with Crippen molar-refractivity contribution in [3.63, 3.8) is 0 Å². The van der Waals surface area contributed by atoms with Gasteiger partial charge in [0, 0.05) is 18.5 Å². The van der Waals surface area contributed by atoms with Gasteiger partial charge in [0.25, 0.3) is 0 Å². The molecule has 0 aromatic rings. The maximum absolute atomic E-state index is 8.72. The minimum Gasteiger partial charge on any atom is -0.394 e. The lowest BCUT2D eigenvalue weighted by atomic mass is 9.89. The first kappa shape index (κ1) is 15.8. The number of hydrogen-bond acceptors (Lipinski definition) is 4. The van der Waals surface area contributed by atoms with Crippen LogP contribution >= 0.6 is 12.2 Å². The van der Waals surface area contributed by atoms with Gasteiger partial charge in [0.1, 0.15) is 0 Å². The number of nitrogens with two attached hydrogens (primary N) is 1. The Hall–Kier alpha value is -0.230. The second-order valence-electron chi connectivity index (χ2n) is 5.63. The minimum absolute atomic E-state index is 0.0560. The number of aliphatic hydroxyl groups is 1. The van der Waals surface area contributed by atoms with Crippen molar-refractivity contribution in [2.45, 2.75) is 39.2 Å². The van der Waals surface area contributed by atoms with Crippen LogP contribution in [0.5, 0.6) is 0 Å². The number of hydrogen-bond donors (Lipinski definition) is 2. The summed E-state index contributed by atoms with van der Waals surface area (Å²) in [6.07, 6.45) is 3.42. The fraction of sp³-hybridized carbons (Fsp3) is 0.923. The van der Waals surface area contributed by atoms with E-state index in [4.69, 9.17) is 27.8 Å². The smallest absolute Gasteiger partial charge is 0.0784 e. The highest BCUT2D eigenvalue weighted by molar-refractivity contribution is 7.80. The maximum atomic E-state index is 8.72. The molecule has 0 bridgehead atoms. The fourth-order valence-electron chi connectivity index (χ4n) is 2.08. The van der Waals surface area contributed by atoms with E-state index >= 15 is 0 Å². The minimum atomic E-state index is -0.0560. The third-order valence-corrected chi connectivity index (χ3v) is 4.25. The standard InChI is InChI=1S/C13H26N2O2S/c1-13(2,12(14)18)5-8-15-6-3-11(4-7-15)17-10-9-16/h11,16H,3-10H2,1-2H3,(H2,14,18). The van der Waals surface area contributed by atoms with E-state index in [0.29, 0.717) is 17.7 Å². The number of piperidine rings is 1. The van der Waals surface area contributed by atoms with Gasteiger partial charge in [-0.25, -0.2) is 0 Å². The maximum Gasteiger partial charge on any atom is 0.0784 e. The molecule has 0 aromatic heterocycles. The summed E-state index contributed by atoms with van der Waals surface area (Å²) < 4.78 is 5.55. The first-order valence-electron chi connectivity index (χ1n) is 6.70. The zero-order valence-corrected chi connectivity index (χ0v) is 12.3. The van der Waals surface area contributed by atoms with Crippen LogP contribution in [-0.4, -0.2) is 53.9 Å². The Balaban J connectivity index is 2.21. The quantitative estimate of drug-likeness (QED) is 0.682. The second-order valence-corrected chi connectivity index (χ2v) is 6.07. The predicted molar refractivity (Wildman–Crippen MR) is 77.7 cm³/mol. The molecule has 0 spiro atoms. The third-order valence-electron chi connectivity index (χ3n) is 3.70. The lowest BCUT2D eigenvalue weighted by molar-refractivity contribution is -0.00853. The van der Waals surface area contributed by atoms with E-state index in [-0.39, 0.29) is 12.0 Å². The first-order valence-corrected chi connectivity index (χ1v) is 7.11. The zero-order chi connectivity index (χ0) is 13.6. The van der Waals surface area contributed by atoms with Crippen molar-refractivity contribution in [2.24, 2.45) is 11.1 Å². The molecule has 4 nitrogen and oxygen atoms in total. The Bertz CT molecular complexity index is 264. The SMILES string of the molecule is CC(C)(CCN1CCC(OCCO)CC1)C(N)=S. The number of likely N-dealkylation sites (tertiary alicyclic amines) is 1. The molecule has 1 aliphatic rings. The van der Waals surface area contributed by atoms with Crippen molar-refractivity contribution in [1.29, 1.82) is 0 Å². The Morgan fingerprint density at radius 3 is 2.56 bits per heavy atom. The van der Waals surface area contributed by atoms with Gasteiger partial charge < -0.3 is 20.5 Å². The van der Waals surface area contributed by atoms with Crippen LogP contribution in [-0.2, 0) is 4.74 Å². The molecular weight excluding hydrogens is 248 g/mol. The van der Waals surface area contributed by atoms with E-state index in [1.807, 2.05) is 0 Å². The summed E-state index contributed by atoms with van der Waals surface area (Å²) in [6.45, 7) is 7.93. The summed E-state index contributed by atoms with van der Waals surface area (Å²) in [5.74, 6) is 0. The first-order chi connectivity index (χ1) is 8.45. The molecule has 18 heavy (non-hydrogen) atoms. The summed E-state index contributed by atoms with van der Waals surface area (Å²) in [6, 6.07) is 0. The summed E-state index contributed by atoms with van der Waals surface area (Å²) in [4.78, 5) is 3.04. The van der Waals surface area contributed by atoms with Crippen LogP contribution in [0.25, 0.3) is 0 Å². The molecule has 5 heteroatoms. The summed E-state index contributed by atoms with van der Waals surface area (Å²) in [5, 5.41) is 8.72. The molecule has 0 aliphatic carbocycles. The van der Waals surface area contributed by atoms with Gasteiger partial charge in [-0.05, 0) is 25.8 Å². The molecule has 1 heterocycles. The van der Waals surface area contributed by atoms with Crippen LogP contribution in [0, 0.1) is 5.41 Å². The van der Waals surface area contributed by atoms with Gasteiger partial charge in [0.15, 0.2) is 0 Å². The van der Waals surface area contributed by atoms with Gasteiger partial charge in [-0.15, -0.1) is 0 Å². The van der Waals surface area contributed by atoms with Crippen LogP contribution in [0.15, 0.2) is 0 Å². The molecule has 1 saturated heterocycles. The predicted octanol–water partition coefficient (Wildman–Crippen LogP) is 1.16. The van der Waals surface area contributed by atoms with E-state index in [9.17, 15) is 0 Å². The molecule has 0 unspecified atom stereocenters.